The Morgan fingerprint density at radius 3 is 2.00 bits per heavy atom. The van der Waals surface area contributed by atoms with Crippen molar-refractivity contribution in [1.82, 2.24) is 0 Å². The number of allylic oxidation sites excluding steroid dienone is 8. The molecular formula is C47H51KN2O6S2. The molecule has 0 saturated carbocycles. The number of unbranched alkanes of at least 4 members (excludes halogenated alkanes) is 2. The molecule has 0 spiro atoms. The Labute approximate surface area is 391 Å². The van der Waals surface area contributed by atoms with Crippen molar-refractivity contribution >= 4 is 39.2 Å². The van der Waals surface area contributed by atoms with Gasteiger partial charge in [0.2, 0.25) is 5.69 Å². The molecule has 11 heteroatoms. The fourth-order valence-electron chi connectivity index (χ4n) is 8.00. The molecular weight excluding hydrogens is 792 g/mol. The quantitative estimate of drug-likeness (QED) is 0.0159. The second-order valence-electron chi connectivity index (χ2n) is 15.4. The van der Waals surface area contributed by atoms with E-state index in [0.29, 0.717) is 25.1 Å². The minimum Gasteiger partial charge on any atom is -0.748 e. The van der Waals surface area contributed by atoms with Gasteiger partial charge in [-0.05, 0) is 73.1 Å². The molecule has 0 unspecified atom stereocenters. The second-order valence-corrected chi connectivity index (χ2v) is 17.8. The molecule has 58 heavy (non-hydrogen) atoms. The first-order valence-electron chi connectivity index (χ1n) is 19.5. The van der Waals surface area contributed by atoms with Crippen LogP contribution in [0.3, 0.4) is 0 Å². The van der Waals surface area contributed by atoms with Crippen LogP contribution >= 0.6 is 12.0 Å². The molecule has 0 N–H and O–H groups in total. The fraction of sp³-hybridized carbons (Fsp3) is 0.298. The summed E-state index contributed by atoms with van der Waals surface area (Å²) in [6.45, 7) is 10.4. The van der Waals surface area contributed by atoms with Gasteiger partial charge in [0.15, 0.2) is 5.71 Å². The van der Waals surface area contributed by atoms with Crippen LogP contribution in [0, 0.1) is 0 Å². The van der Waals surface area contributed by atoms with E-state index in [1.165, 1.54) is 33.6 Å². The van der Waals surface area contributed by atoms with Crippen LogP contribution < -0.4 is 61.5 Å². The number of hydrogen-bond acceptors (Lipinski definition) is 8. The van der Waals surface area contributed by atoms with Gasteiger partial charge in [-0.25, -0.2) is 8.42 Å². The summed E-state index contributed by atoms with van der Waals surface area (Å²) >= 11 is 1.03. The van der Waals surface area contributed by atoms with Crippen LogP contribution in [0.2, 0.25) is 0 Å². The van der Waals surface area contributed by atoms with Crippen LogP contribution in [0.5, 0.6) is 0 Å². The first-order valence-corrected chi connectivity index (χ1v) is 22.0. The van der Waals surface area contributed by atoms with Gasteiger partial charge in [-0.15, -0.1) is 0 Å². The largest absolute Gasteiger partial charge is 1.00 e. The molecule has 0 radical (unpaired) electrons. The molecule has 2 aliphatic heterocycles. The smallest absolute Gasteiger partial charge is 0.748 e. The van der Waals surface area contributed by atoms with Gasteiger partial charge < -0.3 is 14.7 Å². The Morgan fingerprint density at radius 1 is 0.724 bits per heavy atom. The number of fused-ring (bicyclic) bond motifs is 2. The predicted molar refractivity (Wildman–Crippen MR) is 230 cm³/mol. The van der Waals surface area contributed by atoms with E-state index in [4.69, 9.17) is 0 Å². The number of rotatable bonds is 18. The molecule has 0 saturated heterocycles. The van der Waals surface area contributed by atoms with Crippen molar-refractivity contribution in [2.45, 2.75) is 64.2 Å². The van der Waals surface area contributed by atoms with Crippen LogP contribution in [0.25, 0.3) is 22.3 Å². The van der Waals surface area contributed by atoms with Crippen molar-refractivity contribution < 1.29 is 83.6 Å². The van der Waals surface area contributed by atoms with Crippen molar-refractivity contribution in [1.29, 1.82) is 0 Å². The molecule has 0 aliphatic carbocycles. The van der Waals surface area contributed by atoms with Gasteiger partial charge in [0.1, 0.15) is 6.54 Å². The zero-order valence-corrected chi connectivity index (χ0v) is 38.9. The Morgan fingerprint density at radius 2 is 1.34 bits per heavy atom. The van der Waals surface area contributed by atoms with E-state index in [9.17, 15) is 18.2 Å². The predicted octanol–water partition coefficient (Wildman–Crippen LogP) is 6.73. The van der Waals surface area contributed by atoms with Gasteiger partial charge in [0.05, 0.1) is 15.5 Å². The van der Waals surface area contributed by atoms with E-state index in [1.54, 1.807) is 0 Å². The first-order chi connectivity index (χ1) is 27.4. The zero-order chi connectivity index (χ0) is 40.5. The van der Waals surface area contributed by atoms with Gasteiger partial charge in [0.25, 0.3) is 0 Å². The second kappa shape index (κ2) is 21.1. The Bertz CT molecular complexity index is 2280. The van der Waals surface area contributed by atoms with Gasteiger partial charge in [0, 0.05) is 71.0 Å². The number of nitrogens with zero attached hydrogens (tertiary/aromatic N) is 2. The molecule has 2 aliphatic rings. The molecule has 0 aromatic heterocycles. The molecule has 4 aromatic carbocycles. The molecule has 8 nitrogen and oxygen atoms in total. The molecule has 4 aromatic rings. The van der Waals surface area contributed by atoms with E-state index in [-0.39, 0.29) is 68.0 Å². The topological polar surface area (TPSA) is 105 Å². The third-order valence-electron chi connectivity index (χ3n) is 10.9. The van der Waals surface area contributed by atoms with Crippen LogP contribution in [-0.4, -0.2) is 47.9 Å². The maximum atomic E-state index is 11.3. The summed E-state index contributed by atoms with van der Waals surface area (Å²) in [7, 11) is -4.26. The molecule has 0 amide bonds. The third-order valence-corrected chi connectivity index (χ3v) is 12.3. The van der Waals surface area contributed by atoms with Crippen molar-refractivity contribution in [3.63, 3.8) is 0 Å². The van der Waals surface area contributed by atoms with E-state index >= 15 is 0 Å². The van der Waals surface area contributed by atoms with Gasteiger partial charge in [-0.3, -0.25) is 5.04 Å². The van der Waals surface area contributed by atoms with Crippen molar-refractivity contribution in [2.24, 2.45) is 0 Å². The first kappa shape index (κ1) is 46.2. The maximum Gasteiger partial charge on any atom is 1.00 e. The molecule has 6 rings (SSSR count). The van der Waals surface area contributed by atoms with E-state index in [0.717, 1.165) is 54.0 Å². The van der Waals surface area contributed by atoms with E-state index in [2.05, 4.69) is 144 Å². The minimum absolute atomic E-state index is 0. The summed E-state index contributed by atoms with van der Waals surface area (Å²) in [5, 5.41) is 13.7. The molecule has 0 bridgehead atoms. The SMILES string of the molecule is CC1(C)C(/C=C/C=C/C=C/C=C2/N(CCCCSOO[O-])c3cc(-c4ccccc4)ccc3C2(C)C)=[N+](CCCCS(=O)(=O)[O-])c2cc(-c3ccccc3)ccc21.[K+]. The number of hydrogen-bond donors (Lipinski definition) is 0. The van der Waals surface area contributed by atoms with Gasteiger partial charge >= 0.3 is 51.4 Å². The normalized spacial score (nSPS) is 16.5. The van der Waals surface area contributed by atoms with Crippen LogP contribution in [0.1, 0.15) is 64.5 Å². The fourth-order valence-corrected chi connectivity index (χ4v) is 8.98. The summed E-state index contributed by atoms with van der Waals surface area (Å²) < 4.78 is 40.8. The van der Waals surface area contributed by atoms with Crippen molar-refractivity contribution in [2.75, 3.05) is 29.5 Å². The summed E-state index contributed by atoms with van der Waals surface area (Å²) in [6, 6.07) is 34.0. The number of anilines is 1. The average Bonchev–Trinajstić information content (AvgIpc) is 3.54. The summed E-state index contributed by atoms with van der Waals surface area (Å²) in [4.78, 5) is 2.42. The Hall–Kier alpha value is -2.91. The standard InChI is InChI=1S/C47H52N2O6S2.K/c1-46(2)40-28-26-38(36-20-10-8-11-21-36)34-42(40)48(30-16-18-32-56-55-54-50)44(46)24-14-6-5-7-15-25-45-47(3,4)41-29-27-39(37-22-12-9-13-23-37)35-43(41)49(45)31-17-19-33-57(51,52)53;/h5-15,20-29,34-35H,16-19,30-33H2,1-4H3,(H-,50,51,52,53);/q;+1/p-1. The van der Waals surface area contributed by atoms with Crippen molar-refractivity contribution in [3.05, 3.63) is 156 Å². The van der Waals surface area contributed by atoms with Crippen LogP contribution in [0.4, 0.5) is 11.4 Å². The van der Waals surface area contributed by atoms with E-state index < -0.39 is 10.1 Å². The zero-order valence-electron chi connectivity index (χ0n) is 34.1. The molecule has 298 valence electrons. The average molecular weight is 843 g/mol. The summed E-state index contributed by atoms with van der Waals surface area (Å²) in [6.07, 6.45) is 17.3. The van der Waals surface area contributed by atoms with Crippen LogP contribution in [0.15, 0.2) is 145 Å². The molecule has 0 fully saturated rings. The summed E-state index contributed by atoms with van der Waals surface area (Å²) in [5.74, 6) is 0.301. The third kappa shape index (κ3) is 11.3. The van der Waals surface area contributed by atoms with E-state index in [1.807, 2.05) is 42.5 Å². The van der Waals surface area contributed by atoms with Crippen molar-refractivity contribution in [3.8, 4) is 22.3 Å². The van der Waals surface area contributed by atoms with Gasteiger partial charge in [-0.2, -0.15) is 8.91 Å². The molecule has 2 heterocycles. The number of benzene rings is 4. The summed E-state index contributed by atoms with van der Waals surface area (Å²) in [5.41, 5.74) is 11.2. The minimum atomic E-state index is -4.26. The Kier molecular flexibility index (Phi) is 16.8. The van der Waals surface area contributed by atoms with Crippen LogP contribution in [-0.2, 0) is 30.3 Å². The molecule has 0 atom stereocenters. The monoisotopic (exact) mass is 842 g/mol. The maximum absolute atomic E-state index is 11.3. The Balaban J connectivity index is 0.00000641. The van der Waals surface area contributed by atoms with Gasteiger partial charge in [-0.1, -0.05) is 129 Å².